The van der Waals surface area contributed by atoms with E-state index >= 15 is 0 Å². The van der Waals surface area contributed by atoms with Crippen molar-refractivity contribution in [2.45, 2.75) is 18.9 Å². The highest BCUT2D eigenvalue weighted by atomic mass is 16.5. The minimum Gasteiger partial charge on any atom is -0.497 e. The van der Waals surface area contributed by atoms with Crippen molar-refractivity contribution < 1.29 is 9.53 Å². The second kappa shape index (κ2) is 5.36. The lowest BCUT2D eigenvalue weighted by Gasteiger charge is -2.18. The van der Waals surface area contributed by atoms with Crippen LogP contribution in [0.5, 0.6) is 5.75 Å². The Labute approximate surface area is 117 Å². The van der Waals surface area contributed by atoms with Crippen LogP contribution >= 0.6 is 0 Å². The molecule has 0 spiro atoms. The molecule has 2 aromatic rings. The number of nitrogens with one attached hydrogen (secondary N) is 2. The average molecular weight is 271 g/mol. The molecular weight excluding hydrogens is 254 g/mol. The van der Waals surface area contributed by atoms with Crippen LogP contribution in [0.1, 0.15) is 34.8 Å². The zero-order valence-corrected chi connectivity index (χ0v) is 11.3. The highest BCUT2D eigenvalue weighted by molar-refractivity contribution is 5.93. The first-order chi connectivity index (χ1) is 9.78. The van der Waals surface area contributed by atoms with E-state index in [2.05, 4.69) is 15.5 Å². The van der Waals surface area contributed by atoms with E-state index in [0.29, 0.717) is 11.5 Å². The van der Waals surface area contributed by atoms with Crippen LogP contribution in [0.3, 0.4) is 0 Å². The third-order valence-electron chi connectivity index (χ3n) is 3.62. The van der Waals surface area contributed by atoms with Gasteiger partial charge >= 0.3 is 0 Å². The summed E-state index contributed by atoms with van der Waals surface area (Å²) in [6.07, 6.45) is 5.45. The maximum absolute atomic E-state index is 12.1. The lowest BCUT2D eigenvalue weighted by molar-refractivity contribution is 0.0931. The molecule has 1 aliphatic rings. The highest BCUT2D eigenvalue weighted by Crippen LogP contribution is 2.41. The van der Waals surface area contributed by atoms with Crippen LogP contribution in [-0.2, 0) is 0 Å². The summed E-state index contributed by atoms with van der Waals surface area (Å²) in [6, 6.07) is 7.93. The van der Waals surface area contributed by atoms with E-state index in [9.17, 15) is 4.79 Å². The molecule has 1 aromatic heterocycles. The van der Waals surface area contributed by atoms with Crippen molar-refractivity contribution in [3.05, 3.63) is 47.8 Å². The van der Waals surface area contributed by atoms with Gasteiger partial charge in [-0.2, -0.15) is 5.10 Å². The van der Waals surface area contributed by atoms with Gasteiger partial charge in [-0.3, -0.25) is 9.89 Å². The average Bonchev–Trinajstić information content (AvgIpc) is 3.17. The Kier molecular flexibility index (Phi) is 3.41. The first-order valence-electron chi connectivity index (χ1n) is 6.71. The van der Waals surface area contributed by atoms with Crippen LogP contribution < -0.4 is 10.1 Å². The fraction of sp³-hybridized carbons (Fsp3) is 0.333. The molecule has 1 saturated carbocycles. The molecular formula is C15H17N3O2. The van der Waals surface area contributed by atoms with Crippen molar-refractivity contribution in [2.75, 3.05) is 7.11 Å². The number of nitrogens with zero attached hydrogens (tertiary/aromatic N) is 1. The lowest BCUT2D eigenvalue weighted by Crippen LogP contribution is -2.29. The maximum atomic E-state index is 12.1. The van der Waals surface area contributed by atoms with Gasteiger partial charge in [0.2, 0.25) is 0 Å². The number of rotatable bonds is 5. The minimum atomic E-state index is -0.0912. The van der Waals surface area contributed by atoms with Crippen molar-refractivity contribution >= 4 is 5.91 Å². The Morgan fingerprint density at radius 2 is 2.15 bits per heavy atom. The number of hydrogen-bond donors (Lipinski definition) is 2. The maximum Gasteiger partial charge on any atom is 0.254 e. The number of ether oxygens (including phenoxy) is 1. The van der Waals surface area contributed by atoms with Gasteiger partial charge < -0.3 is 10.1 Å². The summed E-state index contributed by atoms with van der Waals surface area (Å²) in [5.41, 5.74) is 1.68. The van der Waals surface area contributed by atoms with Gasteiger partial charge in [0.05, 0.1) is 24.9 Å². The Bertz CT molecular complexity index is 574. The fourth-order valence-electron chi connectivity index (χ4n) is 2.31. The third kappa shape index (κ3) is 2.66. The molecule has 20 heavy (non-hydrogen) atoms. The molecule has 0 aliphatic heterocycles. The number of carbonyl (C=O) groups excluding carboxylic acids is 1. The molecule has 1 amide bonds. The normalized spacial score (nSPS) is 15.7. The number of aromatic nitrogens is 2. The zero-order chi connectivity index (χ0) is 13.9. The summed E-state index contributed by atoms with van der Waals surface area (Å²) in [7, 11) is 1.65. The predicted molar refractivity (Wildman–Crippen MR) is 74.5 cm³/mol. The first kappa shape index (κ1) is 12.7. The number of methoxy groups -OCH3 is 1. The van der Waals surface area contributed by atoms with E-state index in [1.165, 1.54) is 6.20 Å². The Morgan fingerprint density at radius 1 is 1.40 bits per heavy atom. The summed E-state index contributed by atoms with van der Waals surface area (Å²) in [5.74, 6) is 1.26. The summed E-state index contributed by atoms with van der Waals surface area (Å²) in [6.45, 7) is 0. The summed E-state index contributed by atoms with van der Waals surface area (Å²) >= 11 is 0. The molecule has 1 atom stereocenters. The quantitative estimate of drug-likeness (QED) is 0.876. The van der Waals surface area contributed by atoms with Crippen molar-refractivity contribution in [1.29, 1.82) is 0 Å². The molecule has 0 radical (unpaired) electrons. The summed E-state index contributed by atoms with van der Waals surface area (Å²) < 4.78 is 5.17. The molecule has 1 unspecified atom stereocenters. The number of carbonyl (C=O) groups is 1. The minimum absolute atomic E-state index is 0.0586. The van der Waals surface area contributed by atoms with Gasteiger partial charge in [-0.05, 0) is 36.5 Å². The molecule has 104 valence electrons. The van der Waals surface area contributed by atoms with Crippen LogP contribution in [0, 0.1) is 5.92 Å². The second-order valence-electron chi connectivity index (χ2n) is 5.05. The Balaban J connectivity index is 1.76. The molecule has 5 heteroatoms. The van der Waals surface area contributed by atoms with E-state index in [4.69, 9.17) is 4.74 Å². The van der Waals surface area contributed by atoms with E-state index in [1.54, 1.807) is 13.3 Å². The molecule has 1 heterocycles. The zero-order valence-electron chi connectivity index (χ0n) is 11.3. The molecule has 0 saturated heterocycles. The van der Waals surface area contributed by atoms with Gasteiger partial charge in [0.15, 0.2) is 0 Å². The molecule has 1 aliphatic carbocycles. The number of H-pyrrole nitrogens is 1. The predicted octanol–water partition coefficient (Wildman–Crippen LogP) is 2.30. The number of aromatic amines is 1. The van der Waals surface area contributed by atoms with Gasteiger partial charge in [0, 0.05) is 6.20 Å². The summed E-state index contributed by atoms with van der Waals surface area (Å²) in [5, 5.41) is 9.56. The van der Waals surface area contributed by atoms with Crippen LogP contribution in [0.25, 0.3) is 0 Å². The van der Waals surface area contributed by atoms with Gasteiger partial charge in [-0.25, -0.2) is 0 Å². The van der Waals surface area contributed by atoms with Crippen LogP contribution in [0.2, 0.25) is 0 Å². The topological polar surface area (TPSA) is 67.0 Å². The monoisotopic (exact) mass is 271 g/mol. The van der Waals surface area contributed by atoms with Crippen LogP contribution in [-0.4, -0.2) is 23.2 Å². The van der Waals surface area contributed by atoms with Gasteiger partial charge in [0.25, 0.3) is 5.91 Å². The molecule has 1 aromatic carbocycles. The number of amides is 1. The van der Waals surface area contributed by atoms with Crippen LogP contribution in [0.15, 0.2) is 36.7 Å². The van der Waals surface area contributed by atoms with E-state index in [1.807, 2.05) is 24.3 Å². The van der Waals surface area contributed by atoms with Gasteiger partial charge in [0.1, 0.15) is 5.75 Å². The molecule has 2 N–H and O–H groups in total. The van der Waals surface area contributed by atoms with Gasteiger partial charge in [-0.1, -0.05) is 12.1 Å². The fourth-order valence-corrected chi connectivity index (χ4v) is 2.31. The molecule has 1 fully saturated rings. The smallest absolute Gasteiger partial charge is 0.254 e. The van der Waals surface area contributed by atoms with E-state index < -0.39 is 0 Å². The van der Waals surface area contributed by atoms with Crippen LogP contribution in [0.4, 0.5) is 0 Å². The number of benzene rings is 1. The first-order valence-corrected chi connectivity index (χ1v) is 6.71. The standard InChI is InChI=1S/C15H17N3O2/c1-20-13-6-4-11(5-7-13)14(10-2-3-10)18-15(19)12-8-16-17-9-12/h4-10,14H,2-3H2,1H3,(H,16,17)(H,18,19). The lowest BCUT2D eigenvalue weighted by atomic mass is 10.0. The van der Waals surface area contributed by atoms with Crippen molar-refractivity contribution in [2.24, 2.45) is 5.92 Å². The van der Waals surface area contributed by atoms with Crippen molar-refractivity contribution in [3.8, 4) is 5.75 Å². The van der Waals surface area contributed by atoms with E-state index in [0.717, 1.165) is 24.2 Å². The van der Waals surface area contributed by atoms with E-state index in [-0.39, 0.29) is 11.9 Å². The van der Waals surface area contributed by atoms with Gasteiger partial charge in [-0.15, -0.1) is 0 Å². The largest absolute Gasteiger partial charge is 0.497 e. The second-order valence-corrected chi connectivity index (χ2v) is 5.05. The molecule has 0 bridgehead atoms. The molecule has 3 rings (SSSR count). The Hall–Kier alpha value is -2.30. The number of hydrogen-bond acceptors (Lipinski definition) is 3. The Morgan fingerprint density at radius 3 is 2.70 bits per heavy atom. The highest BCUT2D eigenvalue weighted by Gasteiger charge is 2.33. The molecule has 5 nitrogen and oxygen atoms in total. The third-order valence-corrected chi connectivity index (χ3v) is 3.62. The SMILES string of the molecule is COc1ccc(C(NC(=O)c2cn[nH]c2)C2CC2)cc1. The summed E-state index contributed by atoms with van der Waals surface area (Å²) in [4.78, 5) is 12.1. The van der Waals surface area contributed by atoms with Crippen molar-refractivity contribution in [1.82, 2.24) is 15.5 Å². The van der Waals surface area contributed by atoms with Crippen molar-refractivity contribution in [3.63, 3.8) is 0 Å².